The number of ether oxygens (including phenoxy) is 1. The third-order valence-corrected chi connectivity index (χ3v) is 7.35. The first-order valence-corrected chi connectivity index (χ1v) is 13.4. The van der Waals surface area contributed by atoms with Crippen molar-refractivity contribution in [3.63, 3.8) is 0 Å². The van der Waals surface area contributed by atoms with Gasteiger partial charge in [-0.05, 0) is 71.4 Å². The van der Waals surface area contributed by atoms with Crippen LogP contribution < -0.4 is 4.74 Å². The second kappa shape index (κ2) is 9.45. The molecule has 0 aliphatic rings. The van der Waals surface area contributed by atoms with Crippen molar-refractivity contribution in [2.45, 2.75) is 33.0 Å². The SMILES string of the molecule is [2H]C([2H])([2H])c1cc(-n2c3ccccc3c3ccc(Oc4cccc(Br)c4)cc32)ncc1-c1ccc(C(C)(C)C)cc1. The Hall–Kier alpha value is -3.89. The maximum atomic E-state index is 8.40. The molecule has 0 bridgehead atoms. The Bertz CT molecular complexity index is 1900. The Balaban J connectivity index is 1.52. The summed E-state index contributed by atoms with van der Waals surface area (Å²) >= 11 is 3.50. The lowest BCUT2D eigenvalue weighted by molar-refractivity contribution is 0.483. The van der Waals surface area contributed by atoms with Crippen LogP contribution in [0.1, 0.15) is 36.0 Å². The zero-order valence-electron chi connectivity index (χ0n) is 24.5. The largest absolute Gasteiger partial charge is 0.457 e. The van der Waals surface area contributed by atoms with E-state index >= 15 is 0 Å². The normalized spacial score (nSPS) is 13.3. The van der Waals surface area contributed by atoms with Gasteiger partial charge in [0.2, 0.25) is 0 Å². The number of hydrogen-bond donors (Lipinski definition) is 0. The van der Waals surface area contributed by atoms with Crippen molar-refractivity contribution in [3.8, 4) is 28.4 Å². The first-order chi connectivity index (χ1) is 19.5. The molecule has 2 heterocycles. The molecule has 6 aromatic rings. The van der Waals surface area contributed by atoms with Gasteiger partial charge in [0.15, 0.2) is 0 Å². The topological polar surface area (TPSA) is 27.1 Å². The van der Waals surface area contributed by atoms with Crippen LogP contribution in [0.3, 0.4) is 0 Å². The maximum Gasteiger partial charge on any atom is 0.137 e. The highest BCUT2D eigenvalue weighted by atomic mass is 79.9. The molecule has 0 atom stereocenters. The Morgan fingerprint density at radius 3 is 2.32 bits per heavy atom. The Kier molecular flexibility index (Phi) is 5.24. The Labute approximate surface area is 236 Å². The number of halogens is 1. The molecule has 6 rings (SSSR count). The van der Waals surface area contributed by atoms with Crippen molar-refractivity contribution < 1.29 is 8.85 Å². The number of aromatic nitrogens is 2. The molecule has 0 amide bonds. The number of aryl methyl sites for hydroxylation is 1. The number of benzene rings is 4. The van der Waals surface area contributed by atoms with Crippen LogP contribution in [-0.4, -0.2) is 9.55 Å². The summed E-state index contributed by atoms with van der Waals surface area (Å²) in [5.74, 6) is 1.93. The molecule has 4 aromatic carbocycles. The van der Waals surface area contributed by atoms with Crippen molar-refractivity contribution in [1.29, 1.82) is 0 Å². The molecule has 38 heavy (non-hydrogen) atoms. The first-order valence-electron chi connectivity index (χ1n) is 14.1. The maximum absolute atomic E-state index is 8.40. The number of fused-ring (bicyclic) bond motifs is 3. The van der Waals surface area contributed by atoms with Crippen LogP contribution in [-0.2, 0) is 5.41 Å². The quantitative estimate of drug-likeness (QED) is 0.213. The predicted molar refractivity (Wildman–Crippen MR) is 162 cm³/mol. The molecule has 188 valence electrons. The monoisotopic (exact) mass is 563 g/mol. The highest BCUT2D eigenvalue weighted by molar-refractivity contribution is 9.10. The fraction of sp³-hybridized carbons (Fsp3) is 0.147. The van der Waals surface area contributed by atoms with E-state index in [4.69, 9.17) is 13.8 Å². The van der Waals surface area contributed by atoms with Gasteiger partial charge in [0.05, 0.1) is 11.0 Å². The van der Waals surface area contributed by atoms with Crippen LogP contribution in [0, 0.1) is 6.85 Å². The van der Waals surface area contributed by atoms with E-state index in [1.165, 1.54) is 5.56 Å². The molecule has 2 aromatic heterocycles. The molecule has 0 radical (unpaired) electrons. The molecule has 0 saturated heterocycles. The van der Waals surface area contributed by atoms with Gasteiger partial charge in [-0.15, -0.1) is 0 Å². The Morgan fingerprint density at radius 1 is 0.789 bits per heavy atom. The third kappa shape index (κ3) is 4.50. The minimum atomic E-state index is -2.33. The lowest BCUT2D eigenvalue weighted by atomic mass is 9.86. The van der Waals surface area contributed by atoms with Crippen LogP contribution in [0.15, 0.2) is 108 Å². The number of para-hydroxylation sites is 1. The number of pyridine rings is 1. The van der Waals surface area contributed by atoms with Crippen molar-refractivity contribution >= 4 is 37.7 Å². The lowest BCUT2D eigenvalue weighted by Crippen LogP contribution is -2.10. The zero-order valence-corrected chi connectivity index (χ0v) is 23.1. The summed E-state index contributed by atoms with van der Waals surface area (Å²) in [7, 11) is 0. The van der Waals surface area contributed by atoms with Crippen molar-refractivity contribution in [3.05, 3.63) is 119 Å². The summed E-state index contributed by atoms with van der Waals surface area (Å²) < 4.78 is 34.3. The highest BCUT2D eigenvalue weighted by Crippen LogP contribution is 2.36. The summed E-state index contributed by atoms with van der Waals surface area (Å²) in [6, 6.07) is 31.5. The van der Waals surface area contributed by atoms with Gasteiger partial charge >= 0.3 is 0 Å². The van der Waals surface area contributed by atoms with Gasteiger partial charge in [-0.1, -0.05) is 85.2 Å². The second-order valence-electron chi connectivity index (χ2n) is 10.5. The summed E-state index contributed by atoms with van der Waals surface area (Å²) in [6.45, 7) is 4.15. The molecule has 0 unspecified atom stereocenters. The molecular formula is C34H29BrN2O. The van der Waals surface area contributed by atoms with E-state index in [1.54, 1.807) is 12.3 Å². The first kappa shape index (κ1) is 21.1. The van der Waals surface area contributed by atoms with E-state index in [2.05, 4.69) is 54.9 Å². The van der Waals surface area contributed by atoms with Crippen LogP contribution in [0.25, 0.3) is 38.8 Å². The summed E-state index contributed by atoms with van der Waals surface area (Å²) in [5, 5.41) is 2.08. The van der Waals surface area contributed by atoms with Crippen LogP contribution in [0.4, 0.5) is 0 Å². The Morgan fingerprint density at radius 2 is 1.55 bits per heavy atom. The number of rotatable bonds is 4. The van der Waals surface area contributed by atoms with Crippen molar-refractivity contribution in [2.75, 3.05) is 0 Å². The molecule has 4 heteroatoms. The van der Waals surface area contributed by atoms with E-state index in [0.717, 1.165) is 31.8 Å². The van der Waals surface area contributed by atoms with Gasteiger partial charge in [-0.2, -0.15) is 0 Å². The number of hydrogen-bond acceptors (Lipinski definition) is 2. The molecule has 3 nitrogen and oxygen atoms in total. The average molecular weight is 565 g/mol. The molecule has 0 N–H and O–H groups in total. The van der Waals surface area contributed by atoms with E-state index in [0.29, 0.717) is 22.9 Å². The smallest absolute Gasteiger partial charge is 0.137 e. The zero-order chi connectivity index (χ0) is 28.9. The van der Waals surface area contributed by atoms with Gasteiger partial charge < -0.3 is 4.74 Å². The fourth-order valence-corrected chi connectivity index (χ4v) is 5.25. The lowest BCUT2D eigenvalue weighted by Gasteiger charge is -2.19. The predicted octanol–water partition coefficient (Wildman–Crippen LogP) is 10.0. The van der Waals surface area contributed by atoms with Gasteiger partial charge in [0, 0.05) is 37.2 Å². The number of nitrogens with zero attached hydrogens (tertiary/aromatic N) is 2. The molecule has 0 aliphatic heterocycles. The van der Waals surface area contributed by atoms with Crippen LogP contribution in [0.2, 0.25) is 0 Å². The third-order valence-electron chi connectivity index (χ3n) is 6.86. The van der Waals surface area contributed by atoms with E-state index in [9.17, 15) is 0 Å². The molecule has 0 spiro atoms. The molecular weight excluding hydrogens is 532 g/mol. The average Bonchev–Trinajstić information content (AvgIpc) is 3.25. The van der Waals surface area contributed by atoms with E-state index in [-0.39, 0.29) is 11.0 Å². The van der Waals surface area contributed by atoms with Crippen molar-refractivity contribution in [2.24, 2.45) is 0 Å². The van der Waals surface area contributed by atoms with Crippen LogP contribution in [0.5, 0.6) is 11.5 Å². The summed E-state index contributed by atoms with van der Waals surface area (Å²) in [4.78, 5) is 4.83. The van der Waals surface area contributed by atoms with Gasteiger partial charge in [0.1, 0.15) is 17.3 Å². The fourth-order valence-electron chi connectivity index (χ4n) is 4.87. The van der Waals surface area contributed by atoms with Crippen LogP contribution >= 0.6 is 15.9 Å². The summed E-state index contributed by atoms with van der Waals surface area (Å²) in [6.07, 6.45) is 1.69. The highest BCUT2D eigenvalue weighted by Gasteiger charge is 2.16. The van der Waals surface area contributed by atoms with Crippen molar-refractivity contribution in [1.82, 2.24) is 9.55 Å². The van der Waals surface area contributed by atoms with E-state index < -0.39 is 6.85 Å². The minimum absolute atomic E-state index is 0.00358. The second-order valence-corrected chi connectivity index (χ2v) is 11.4. The minimum Gasteiger partial charge on any atom is -0.457 e. The summed E-state index contributed by atoms with van der Waals surface area (Å²) in [5.41, 5.74) is 4.71. The molecule has 0 saturated carbocycles. The van der Waals surface area contributed by atoms with Gasteiger partial charge in [-0.25, -0.2) is 4.98 Å². The van der Waals surface area contributed by atoms with E-state index in [1.807, 2.05) is 77.4 Å². The standard InChI is InChI=1S/C34H29BrN2O/c1-22-18-33(36-21-30(22)23-12-14-24(15-13-23)34(2,3)4)37-31-11-6-5-10-28(31)29-17-16-27(20-32(29)37)38-26-9-7-8-25(35)19-26/h5-21H,1-4H3/i1D3. The van der Waals surface area contributed by atoms with Gasteiger partial charge in [0.25, 0.3) is 0 Å². The van der Waals surface area contributed by atoms with Gasteiger partial charge in [-0.3, -0.25) is 4.57 Å². The molecule has 0 aliphatic carbocycles. The molecule has 0 fully saturated rings.